The van der Waals surface area contributed by atoms with Gasteiger partial charge in [-0.15, -0.1) is 0 Å². The van der Waals surface area contributed by atoms with Crippen molar-refractivity contribution in [3.8, 4) is 0 Å². The number of nitrogens with one attached hydrogen (secondary N) is 2. The van der Waals surface area contributed by atoms with E-state index < -0.39 is 11.7 Å². The van der Waals surface area contributed by atoms with E-state index in [-0.39, 0.29) is 11.8 Å². The summed E-state index contributed by atoms with van der Waals surface area (Å²) in [6.07, 6.45) is 5.04. The van der Waals surface area contributed by atoms with Crippen molar-refractivity contribution in [1.82, 2.24) is 10.9 Å². The number of hydrogen-bond donors (Lipinski definition) is 2. The molecule has 2 N–H and O–H groups in total. The first-order valence-electron chi connectivity index (χ1n) is 6.52. The van der Waals surface area contributed by atoms with E-state index in [1.54, 1.807) is 0 Å². The molecule has 0 aliphatic heterocycles. The molecule has 5 heteroatoms. The second-order valence-electron chi connectivity index (χ2n) is 4.79. The lowest BCUT2D eigenvalue weighted by molar-refractivity contribution is -0.126. The molecule has 0 saturated heterocycles. The molecule has 1 aliphatic carbocycles. The van der Waals surface area contributed by atoms with Crippen LogP contribution in [-0.4, -0.2) is 11.8 Å². The highest BCUT2D eigenvalue weighted by Gasteiger charge is 2.21. The highest BCUT2D eigenvalue weighted by Crippen LogP contribution is 2.23. The normalized spacial score (nSPS) is 15.8. The largest absolute Gasteiger partial charge is 0.273 e. The van der Waals surface area contributed by atoms with E-state index in [0.29, 0.717) is 5.56 Å². The minimum absolute atomic E-state index is 0.0118. The summed E-state index contributed by atoms with van der Waals surface area (Å²) in [7, 11) is 0. The molecular weight excluding hydrogens is 247 g/mol. The maximum absolute atomic E-state index is 12.7. The molecule has 4 nitrogen and oxygen atoms in total. The number of carbonyl (C=O) groups excluding carboxylic acids is 2. The number of rotatable bonds is 2. The Morgan fingerprint density at radius 2 is 1.63 bits per heavy atom. The molecule has 2 amide bonds. The van der Waals surface area contributed by atoms with Crippen LogP contribution in [0.1, 0.15) is 42.5 Å². The molecule has 0 radical (unpaired) electrons. The van der Waals surface area contributed by atoms with Gasteiger partial charge in [-0.1, -0.05) is 19.3 Å². The highest BCUT2D eigenvalue weighted by atomic mass is 19.1. The van der Waals surface area contributed by atoms with Crippen LogP contribution >= 0.6 is 0 Å². The summed E-state index contributed by atoms with van der Waals surface area (Å²) in [5.74, 6) is -0.996. The van der Waals surface area contributed by atoms with E-state index in [1.165, 1.54) is 30.7 Å². The molecule has 102 valence electrons. The smallest absolute Gasteiger partial charge is 0.269 e. The maximum atomic E-state index is 12.7. The van der Waals surface area contributed by atoms with Crippen molar-refractivity contribution in [3.63, 3.8) is 0 Å². The monoisotopic (exact) mass is 264 g/mol. The van der Waals surface area contributed by atoms with Gasteiger partial charge >= 0.3 is 0 Å². The van der Waals surface area contributed by atoms with Crippen molar-refractivity contribution in [1.29, 1.82) is 0 Å². The third kappa shape index (κ3) is 3.77. The maximum Gasteiger partial charge on any atom is 0.269 e. The molecule has 1 saturated carbocycles. The standard InChI is InChI=1S/C14H17FN2O2/c15-12-8-6-11(7-9-12)14(19)17-16-13(18)10-4-2-1-3-5-10/h6-10H,1-5H2,(H,16,18)(H,17,19). The SMILES string of the molecule is O=C(NNC(=O)C1CCCCC1)c1ccc(F)cc1. The Labute approximate surface area is 111 Å². The fourth-order valence-corrected chi connectivity index (χ4v) is 2.26. The number of halogens is 1. The molecule has 0 heterocycles. The molecule has 0 unspecified atom stereocenters. The Hall–Kier alpha value is -1.91. The Morgan fingerprint density at radius 1 is 1.00 bits per heavy atom. The van der Waals surface area contributed by atoms with Crippen LogP contribution in [0.2, 0.25) is 0 Å². The molecule has 1 aromatic rings. The van der Waals surface area contributed by atoms with Gasteiger partial charge in [-0.05, 0) is 37.1 Å². The second kappa shape index (κ2) is 6.31. The molecule has 0 bridgehead atoms. The summed E-state index contributed by atoms with van der Waals surface area (Å²) in [5, 5.41) is 0. The fourth-order valence-electron chi connectivity index (χ4n) is 2.26. The van der Waals surface area contributed by atoms with Crippen molar-refractivity contribution in [3.05, 3.63) is 35.6 Å². The van der Waals surface area contributed by atoms with Crippen LogP contribution < -0.4 is 10.9 Å². The minimum Gasteiger partial charge on any atom is -0.273 e. The fraction of sp³-hybridized carbons (Fsp3) is 0.429. The number of hydrazine groups is 1. The predicted octanol–water partition coefficient (Wildman–Crippen LogP) is 2.17. The van der Waals surface area contributed by atoms with Crippen LogP contribution in [0.25, 0.3) is 0 Å². The summed E-state index contributed by atoms with van der Waals surface area (Å²) in [6.45, 7) is 0. The van der Waals surface area contributed by atoms with Gasteiger partial charge in [0, 0.05) is 11.5 Å². The highest BCUT2D eigenvalue weighted by molar-refractivity contribution is 5.95. The van der Waals surface area contributed by atoms with Gasteiger partial charge in [-0.3, -0.25) is 20.4 Å². The van der Waals surface area contributed by atoms with Crippen LogP contribution in [0.15, 0.2) is 24.3 Å². The van der Waals surface area contributed by atoms with E-state index in [2.05, 4.69) is 10.9 Å². The topological polar surface area (TPSA) is 58.2 Å². The number of amides is 2. The number of carbonyl (C=O) groups is 2. The zero-order chi connectivity index (χ0) is 13.7. The molecule has 1 aromatic carbocycles. The van der Waals surface area contributed by atoms with E-state index in [1.807, 2.05) is 0 Å². The van der Waals surface area contributed by atoms with E-state index >= 15 is 0 Å². The quantitative estimate of drug-likeness (QED) is 0.804. The van der Waals surface area contributed by atoms with E-state index in [0.717, 1.165) is 25.7 Å². The summed E-state index contributed by atoms with van der Waals surface area (Å²) in [4.78, 5) is 23.5. The Balaban J connectivity index is 1.82. The number of benzene rings is 1. The zero-order valence-corrected chi connectivity index (χ0v) is 10.6. The van der Waals surface area contributed by atoms with Gasteiger partial charge in [0.05, 0.1) is 0 Å². The average molecular weight is 264 g/mol. The van der Waals surface area contributed by atoms with Gasteiger partial charge in [0.1, 0.15) is 5.82 Å². The van der Waals surface area contributed by atoms with Crippen molar-refractivity contribution >= 4 is 11.8 Å². The first-order chi connectivity index (χ1) is 9.16. The third-order valence-electron chi connectivity index (χ3n) is 3.38. The van der Waals surface area contributed by atoms with Crippen molar-refractivity contribution in [2.24, 2.45) is 5.92 Å². The molecule has 1 aliphatic rings. The van der Waals surface area contributed by atoms with Crippen LogP contribution in [0.3, 0.4) is 0 Å². The van der Waals surface area contributed by atoms with Gasteiger partial charge in [0.15, 0.2) is 0 Å². The molecule has 0 atom stereocenters. The van der Waals surface area contributed by atoms with Gasteiger partial charge in [0.2, 0.25) is 5.91 Å². The van der Waals surface area contributed by atoms with Crippen LogP contribution in [0.5, 0.6) is 0 Å². The lowest BCUT2D eigenvalue weighted by Gasteiger charge is -2.20. The Morgan fingerprint density at radius 3 is 2.26 bits per heavy atom. The first kappa shape index (κ1) is 13.5. The van der Waals surface area contributed by atoms with Crippen LogP contribution in [0, 0.1) is 11.7 Å². The molecule has 19 heavy (non-hydrogen) atoms. The van der Waals surface area contributed by atoms with Gasteiger partial charge < -0.3 is 0 Å². The summed E-state index contributed by atoms with van der Waals surface area (Å²) in [6, 6.07) is 5.16. The zero-order valence-electron chi connectivity index (χ0n) is 10.6. The lowest BCUT2D eigenvalue weighted by atomic mass is 9.89. The molecule has 0 spiro atoms. The predicted molar refractivity (Wildman–Crippen MR) is 68.6 cm³/mol. The Bertz CT molecular complexity index is 453. The number of hydrogen-bond acceptors (Lipinski definition) is 2. The second-order valence-corrected chi connectivity index (χ2v) is 4.79. The average Bonchev–Trinajstić information content (AvgIpc) is 2.46. The third-order valence-corrected chi connectivity index (χ3v) is 3.38. The van der Waals surface area contributed by atoms with Gasteiger partial charge in [-0.2, -0.15) is 0 Å². The molecule has 2 rings (SSSR count). The van der Waals surface area contributed by atoms with Crippen molar-refractivity contribution in [2.75, 3.05) is 0 Å². The van der Waals surface area contributed by atoms with Crippen molar-refractivity contribution in [2.45, 2.75) is 32.1 Å². The summed E-state index contributed by atoms with van der Waals surface area (Å²) in [5.41, 5.74) is 5.10. The van der Waals surface area contributed by atoms with E-state index in [4.69, 9.17) is 0 Å². The minimum atomic E-state index is -0.441. The molecular formula is C14H17FN2O2. The van der Waals surface area contributed by atoms with Crippen LogP contribution in [-0.2, 0) is 4.79 Å². The lowest BCUT2D eigenvalue weighted by Crippen LogP contribution is -2.44. The molecule has 0 aromatic heterocycles. The molecule has 1 fully saturated rings. The first-order valence-corrected chi connectivity index (χ1v) is 6.52. The summed E-state index contributed by atoms with van der Waals surface area (Å²) < 4.78 is 12.7. The Kier molecular flexibility index (Phi) is 4.49. The van der Waals surface area contributed by atoms with Crippen molar-refractivity contribution < 1.29 is 14.0 Å². The summed E-state index contributed by atoms with van der Waals surface area (Å²) >= 11 is 0. The van der Waals surface area contributed by atoms with Gasteiger partial charge in [-0.25, -0.2) is 4.39 Å². The van der Waals surface area contributed by atoms with E-state index in [9.17, 15) is 14.0 Å². The van der Waals surface area contributed by atoms with Gasteiger partial charge in [0.25, 0.3) is 5.91 Å². The van der Waals surface area contributed by atoms with Crippen LogP contribution in [0.4, 0.5) is 4.39 Å².